The van der Waals surface area contributed by atoms with Gasteiger partial charge in [-0.2, -0.15) is 0 Å². The largest absolute Gasteiger partial charge is 0.497 e. The first-order valence-corrected chi connectivity index (χ1v) is 10.9. The molecule has 0 radical (unpaired) electrons. The van der Waals surface area contributed by atoms with E-state index in [1.807, 2.05) is 31.2 Å². The Hall–Kier alpha value is -3.39. The van der Waals surface area contributed by atoms with E-state index in [1.54, 1.807) is 61.0 Å². The highest BCUT2D eigenvalue weighted by Gasteiger charge is 2.26. The smallest absolute Gasteiger partial charge is 0.266 e. The molecule has 0 amide bonds. The molecule has 7 nitrogen and oxygen atoms in total. The van der Waals surface area contributed by atoms with Gasteiger partial charge in [0, 0.05) is 6.20 Å². The van der Waals surface area contributed by atoms with Crippen LogP contribution in [0.3, 0.4) is 0 Å². The Labute approximate surface area is 175 Å². The Bertz CT molecular complexity index is 1300. The highest BCUT2D eigenvalue weighted by molar-refractivity contribution is 7.92. The summed E-state index contributed by atoms with van der Waals surface area (Å²) in [4.78, 5) is 0.168. The molecule has 0 unspecified atom stereocenters. The van der Waals surface area contributed by atoms with Gasteiger partial charge in [-0.05, 0) is 55.8 Å². The predicted molar refractivity (Wildman–Crippen MR) is 115 cm³/mol. The van der Waals surface area contributed by atoms with E-state index in [4.69, 9.17) is 4.74 Å². The number of aromatic nitrogens is 3. The van der Waals surface area contributed by atoms with Gasteiger partial charge in [0.05, 0.1) is 19.3 Å². The van der Waals surface area contributed by atoms with Crippen LogP contribution >= 0.6 is 0 Å². The van der Waals surface area contributed by atoms with Crippen LogP contribution < -0.4 is 9.04 Å². The number of anilines is 1. The summed E-state index contributed by atoms with van der Waals surface area (Å²) in [5, 5.41) is 8.04. The zero-order valence-electron chi connectivity index (χ0n) is 17.0. The standard InChI is InChI=1S/C22H22N4O3S/c1-16-5-4-6-18(13-16)14-26(19-7-9-20(29-3)10-8-19)30(27,28)21-11-12-22-24-23-17(2)25(22)15-21/h4-13,15H,14H2,1-3H3. The summed E-state index contributed by atoms with van der Waals surface area (Å²) in [5.74, 6) is 1.28. The molecular formula is C22H22N4O3S. The molecule has 0 bridgehead atoms. The summed E-state index contributed by atoms with van der Waals surface area (Å²) in [6, 6.07) is 18.0. The lowest BCUT2D eigenvalue weighted by molar-refractivity contribution is 0.415. The minimum Gasteiger partial charge on any atom is -0.497 e. The topological polar surface area (TPSA) is 76.8 Å². The van der Waals surface area contributed by atoms with E-state index in [2.05, 4.69) is 10.2 Å². The average Bonchev–Trinajstić information content (AvgIpc) is 3.12. The van der Waals surface area contributed by atoms with Crippen LogP contribution in [-0.2, 0) is 16.6 Å². The summed E-state index contributed by atoms with van der Waals surface area (Å²) in [5.41, 5.74) is 3.12. The Morgan fingerprint density at radius 3 is 2.47 bits per heavy atom. The number of nitrogens with zero attached hydrogens (tertiary/aromatic N) is 4. The number of fused-ring (bicyclic) bond motifs is 1. The molecule has 154 valence electrons. The highest BCUT2D eigenvalue weighted by atomic mass is 32.2. The lowest BCUT2D eigenvalue weighted by Gasteiger charge is -2.25. The summed E-state index contributed by atoms with van der Waals surface area (Å²) in [6.07, 6.45) is 1.56. The number of ether oxygens (including phenoxy) is 1. The summed E-state index contributed by atoms with van der Waals surface area (Å²) in [6.45, 7) is 3.97. The third-order valence-electron chi connectivity index (χ3n) is 4.90. The summed E-state index contributed by atoms with van der Waals surface area (Å²) < 4.78 is 35.7. The number of sulfonamides is 1. The Balaban J connectivity index is 1.82. The van der Waals surface area contributed by atoms with Crippen molar-refractivity contribution in [2.24, 2.45) is 0 Å². The number of hydrogen-bond donors (Lipinski definition) is 0. The van der Waals surface area contributed by atoms with Gasteiger partial charge in [-0.25, -0.2) is 8.42 Å². The Morgan fingerprint density at radius 1 is 1.00 bits per heavy atom. The normalized spacial score (nSPS) is 11.6. The Morgan fingerprint density at radius 2 is 1.77 bits per heavy atom. The number of benzene rings is 2. The average molecular weight is 423 g/mol. The van der Waals surface area contributed by atoms with Gasteiger partial charge in [0.25, 0.3) is 10.0 Å². The van der Waals surface area contributed by atoms with Gasteiger partial charge >= 0.3 is 0 Å². The molecule has 0 spiro atoms. The van der Waals surface area contributed by atoms with Gasteiger partial charge in [0.15, 0.2) is 5.65 Å². The zero-order chi connectivity index (χ0) is 21.3. The molecule has 0 saturated heterocycles. The lowest BCUT2D eigenvalue weighted by atomic mass is 10.1. The van der Waals surface area contributed by atoms with E-state index in [-0.39, 0.29) is 11.4 Å². The predicted octanol–water partition coefficient (Wildman–Crippen LogP) is 3.75. The highest BCUT2D eigenvalue weighted by Crippen LogP contribution is 2.28. The number of pyridine rings is 1. The summed E-state index contributed by atoms with van der Waals surface area (Å²) >= 11 is 0. The number of aryl methyl sites for hydroxylation is 2. The van der Waals surface area contributed by atoms with Gasteiger partial charge in [-0.15, -0.1) is 10.2 Å². The molecule has 0 aliphatic heterocycles. The Kier molecular flexibility index (Phi) is 5.17. The monoisotopic (exact) mass is 422 g/mol. The van der Waals surface area contributed by atoms with Gasteiger partial charge in [0.2, 0.25) is 0 Å². The van der Waals surface area contributed by atoms with E-state index in [0.717, 1.165) is 11.1 Å². The van der Waals surface area contributed by atoms with Gasteiger partial charge in [-0.1, -0.05) is 29.8 Å². The minimum atomic E-state index is -3.85. The molecule has 0 aliphatic carbocycles. The number of methoxy groups -OCH3 is 1. The molecule has 0 saturated carbocycles. The fourth-order valence-corrected chi connectivity index (χ4v) is 4.76. The maximum absolute atomic E-state index is 13.7. The van der Waals surface area contributed by atoms with Crippen molar-refractivity contribution in [3.05, 3.63) is 83.8 Å². The SMILES string of the molecule is COc1ccc(N(Cc2cccc(C)c2)S(=O)(=O)c2ccc3nnc(C)n3c2)cc1. The van der Waals surface area contributed by atoms with Crippen LogP contribution in [0, 0.1) is 13.8 Å². The van der Waals surface area contributed by atoms with Crippen LogP contribution in [0.5, 0.6) is 5.75 Å². The molecule has 30 heavy (non-hydrogen) atoms. The van der Waals surface area contributed by atoms with Crippen LogP contribution in [0.2, 0.25) is 0 Å². The molecule has 2 aromatic heterocycles. The van der Waals surface area contributed by atoms with Crippen molar-refractivity contribution in [2.45, 2.75) is 25.3 Å². The molecule has 2 heterocycles. The van der Waals surface area contributed by atoms with Crippen molar-refractivity contribution in [2.75, 3.05) is 11.4 Å². The maximum Gasteiger partial charge on any atom is 0.266 e. The van der Waals surface area contributed by atoms with Crippen molar-refractivity contribution < 1.29 is 13.2 Å². The van der Waals surface area contributed by atoms with Crippen LogP contribution in [-0.4, -0.2) is 30.1 Å². The van der Waals surface area contributed by atoms with Crippen molar-refractivity contribution in [1.82, 2.24) is 14.6 Å². The summed E-state index contributed by atoms with van der Waals surface area (Å²) in [7, 11) is -2.28. The van der Waals surface area contributed by atoms with Crippen molar-refractivity contribution in [1.29, 1.82) is 0 Å². The fourth-order valence-electron chi connectivity index (χ4n) is 3.31. The third-order valence-corrected chi connectivity index (χ3v) is 6.66. The second-order valence-electron chi connectivity index (χ2n) is 7.04. The van der Waals surface area contributed by atoms with E-state index < -0.39 is 10.0 Å². The first kappa shape index (κ1) is 19.9. The van der Waals surface area contributed by atoms with Gasteiger partial charge < -0.3 is 4.74 Å². The molecule has 4 rings (SSSR count). The van der Waals surface area contributed by atoms with E-state index in [1.165, 1.54) is 4.31 Å². The minimum absolute atomic E-state index is 0.168. The first-order chi connectivity index (χ1) is 14.4. The second-order valence-corrected chi connectivity index (χ2v) is 8.90. The van der Waals surface area contributed by atoms with E-state index in [0.29, 0.717) is 22.9 Å². The third kappa shape index (κ3) is 3.73. The molecule has 0 atom stereocenters. The van der Waals surface area contributed by atoms with E-state index in [9.17, 15) is 8.42 Å². The first-order valence-electron chi connectivity index (χ1n) is 9.42. The molecule has 8 heteroatoms. The number of hydrogen-bond acceptors (Lipinski definition) is 5. The molecule has 0 N–H and O–H groups in total. The van der Waals surface area contributed by atoms with Crippen LogP contribution in [0.4, 0.5) is 5.69 Å². The van der Waals surface area contributed by atoms with Crippen molar-refractivity contribution >= 4 is 21.4 Å². The molecule has 2 aromatic carbocycles. The van der Waals surface area contributed by atoms with Crippen LogP contribution in [0.15, 0.2) is 71.8 Å². The molecule has 0 aliphatic rings. The lowest BCUT2D eigenvalue weighted by Crippen LogP contribution is -2.30. The molecular weight excluding hydrogens is 400 g/mol. The molecule has 4 aromatic rings. The molecule has 0 fully saturated rings. The quantitative estimate of drug-likeness (QED) is 0.473. The number of rotatable bonds is 6. The fraction of sp³-hybridized carbons (Fsp3) is 0.182. The van der Waals surface area contributed by atoms with Gasteiger partial charge in [0.1, 0.15) is 16.5 Å². The van der Waals surface area contributed by atoms with Crippen molar-refractivity contribution in [3.8, 4) is 5.75 Å². The second kappa shape index (κ2) is 7.79. The van der Waals surface area contributed by atoms with Gasteiger partial charge in [-0.3, -0.25) is 8.71 Å². The van der Waals surface area contributed by atoms with E-state index >= 15 is 0 Å². The van der Waals surface area contributed by atoms with Crippen LogP contribution in [0.25, 0.3) is 5.65 Å². The maximum atomic E-state index is 13.7. The zero-order valence-corrected chi connectivity index (χ0v) is 17.8. The van der Waals surface area contributed by atoms with Crippen LogP contribution in [0.1, 0.15) is 17.0 Å². The van der Waals surface area contributed by atoms with Crippen molar-refractivity contribution in [3.63, 3.8) is 0 Å².